The first-order chi connectivity index (χ1) is 5.29. The number of rotatable bonds is 2. The van der Waals surface area contributed by atoms with Gasteiger partial charge in [-0.2, -0.15) is 0 Å². The first kappa shape index (κ1) is 8.06. The molecule has 0 bridgehead atoms. The zero-order valence-electron chi connectivity index (χ0n) is 6.05. The van der Waals surface area contributed by atoms with E-state index >= 15 is 0 Å². The van der Waals surface area contributed by atoms with Crippen LogP contribution in [0.4, 0.5) is 0 Å². The molecular formula is C5H11N3O3. The average molecular weight is 161 g/mol. The van der Waals surface area contributed by atoms with Crippen molar-refractivity contribution in [2.75, 3.05) is 13.2 Å². The third kappa shape index (κ3) is 1.51. The van der Waals surface area contributed by atoms with Gasteiger partial charge in [-0.1, -0.05) is 0 Å². The van der Waals surface area contributed by atoms with Crippen LogP contribution in [0, 0.1) is 5.21 Å². The van der Waals surface area contributed by atoms with Crippen molar-refractivity contribution < 1.29 is 15.3 Å². The fraction of sp³-hybridized carbons (Fsp3) is 1.00. The summed E-state index contributed by atoms with van der Waals surface area (Å²) in [5, 5.41) is 31.3. The molecule has 0 aromatic carbocycles. The molecule has 0 saturated carbocycles. The van der Waals surface area contributed by atoms with E-state index in [1.54, 1.807) is 0 Å². The van der Waals surface area contributed by atoms with E-state index in [2.05, 4.69) is 5.28 Å². The third-order valence-corrected chi connectivity index (χ3v) is 1.85. The summed E-state index contributed by atoms with van der Waals surface area (Å²) in [5.41, 5.74) is 0. The first-order valence-corrected chi connectivity index (χ1v) is 3.49. The Morgan fingerprint density at radius 2 is 2.45 bits per heavy atom. The molecule has 6 heteroatoms. The Hall–Kier alpha value is -1.04. The highest BCUT2D eigenvalue weighted by molar-refractivity contribution is 4.71. The van der Waals surface area contributed by atoms with Crippen molar-refractivity contribution in [2.24, 2.45) is 5.28 Å². The van der Waals surface area contributed by atoms with Crippen molar-refractivity contribution in [1.29, 1.82) is 0 Å². The van der Waals surface area contributed by atoms with Gasteiger partial charge in [-0.3, -0.25) is 0 Å². The molecule has 64 valence electrons. The van der Waals surface area contributed by atoms with E-state index in [9.17, 15) is 5.21 Å². The summed E-state index contributed by atoms with van der Waals surface area (Å²) in [7, 11) is 0. The molecule has 1 unspecified atom stereocenters. The fourth-order valence-corrected chi connectivity index (χ4v) is 1.28. The van der Waals surface area contributed by atoms with Crippen molar-refractivity contribution in [3.05, 3.63) is 5.21 Å². The smallest absolute Gasteiger partial charge is 0.230 e. The van der Waals surface area contributed by atoms with Crippen LogP contribution in [0.3, 0.4) is 0 Å². The van der Waals surface area contributed by atoms with Crippen LogP contribution in [0.5, 0.6) is 0 Å². The topological polar surface area (TPSA) is 82.1 Å². The summed E-state index contributed by atoms with van der Waals surface area (Å²) < 4.78 is 0. The summed E-state index contributed by atoms with van der Waals surface area (Å²) in [6.45, 7) is 0.465. The molecule has 1 fully saturated rings. The van der Waals surface area contributed by atoms with Gasteiger partial charge in [-0.25, -0.2) is 0 Å². The molecule has 11 heavy (non-hydrogen) atoms. The van der Waals surface area contributed by atoms with Gasteiger partial charge in [0.2, 0.25) is 5.28 Å². The van der Waals surface area contributed by atoms with Crippen molar-refractivity contribution >= 4 is 0 Å². The van der Waals surface area contributed by atoms with Crippen LogP contribution in [0.15, 0.2) is 5.28 Å². The molecule has 0 radical (unpaired) electrons. The van der Waals surface area contributed by atoms with Crippen LogP contribution in [-0.4, -0.2) is 39.5 Å². The zero-order chi connectivity index (χ0) is 8.27. The number of nitrogens with zero attached hydrogens (tertiary/aromatic N) is 3. The summed E-state index contributed by atoms with van der Waals surface area (Å²) in [6, 6.07) is -0.191. The second-order valence-electron chi connectivity index (χ2n) is 2.48. The summed E-state index contributed by atoms with van der Waals surface area (Å²) in [4.78, 5) is 0.119. The summed E-state index contributed by atoms with van der Waals surface area (Å²) >= 11 is 0. The van der Waals surface area contributed by atoms with Crippen molar-refractivity contribution in [3.63, 3.8) is 0 Å². The Balaban J connectivity index is 2.56. The quantitative estimate of drug-likeness (QED) is 0.331. The highest BCUT2D eigenvalue weighted by Gasteiger charge is 2.30. The molecule has 1 saturated heterocycles. The van der Waals surface area contributed by atoms with Crippen LogP contribution in [0.25, 0.3) is 0 Å². The lowest BCUT2D eigenvalue weighted by Gasteiger charge is -2.16. The fourth-order valence-electron chi connectivity index (χ4n) is 1.28. The predicted molar refractivity (Wildman–Crippen MR) is 34.7 cm³/mol. The van der Waals surface area contributed by atoms with Gasteiger partial charge in [0.15, 0.2) is 0 Å². The number of hydrazine groups is 1. The minimum absolute atomic E-state index is 0.0751. The van der Waals surface area contributed by atoms with Gasteiger partial charge in [-0.05, 0) is 12.8 Å². The Morgan fingerprint density at radius 1 is 1.73 bits per heavy atom. The standard InChI is InChI=1S/C5H11N3O3/c9-4-5-2-1-3-7(5)8(11)6-10/h5,9-10H,1-4H2/b8-6+. The predicted octanol–water partition coefficient (Wildman–Crippen LogP) is -0.290. The maximum Gasteiger partial charge on any atom is 0.230 e. The summed E-state index contributed by atoms with van der Waals surface area (Å²) in [5.74, 6) is 0. The van der Waals surface area contributed by atoms with E-state index < -0.39 is 0 Å². The van der Waals surface area contributed by atoms with E-state index in [1.807, 2.05) is 0 Å². The summed E-state index contributed by atoms with van der Waals surface area (Å²) in [6.07, 6.45) is 1.62. The van der Waals surface area contributed by atoms with Crippen LogP contribution < -0.4 is 0 Å². The minimum Gasteiger partial charge on any atom is -0.569 e. The Bertz CT molecular complexity index is 161. The van der Waals surface area contributed by atoms with Gasteiger partial charge in [0.1, 0.15) is 6.04 Å². The molecule has 0 amide bonds. The third-order valence-electron chi connectivity index (χ3n) is 1.85. The lowest BCUT2D eigenvalue weighted by Crippen LogP contribution is -2.37. The van der Waals surface area contributed by atoms with Crippen molar-refractivity contribution in [1.82, 2.24) is 5.01 Å². The molecule has 0 aromatic rings. The minimum atomic E-state index is -0.191. The van der Waals surface area contributed by atoms with Crippen LogP contribution >= 0.6 is 0 Å². The van der Waals surface area contributed by atoms with Gasteiger partial charge in [0.25, 0.3) is 0 Å². The second kappa shape index (κ2) is 3.38. The SMILES string of the molecule is [O-]/[N+](=N/O)N1CCCC1CO. The van der Waals surface area contributed by atoms with Gasteiger partial charge in [0.05, 0.1) is 18.1 Å². The molecule has 6 nitrogen and oxygen atoms in total. The highest BCUT2D eigenvalue weighted by Crippen LogP contribution is 2.15. The second-order valence-corrected chi connectivity index (χ2v) is 2.48. The maximum atomic E-state index is 10.7. The molecule has 2 N–H and O–H groups in total. The maximum absolute atomic E-state index is 10.7. The lowest BCUT2D eigenvalue weighted by molar-refractivity contribution is -0.713. The molecule has 0 aromatic heterocycles. The number of hydrogen-bond donors (Lipinski definition) is 2. The molecule has 1 aliphatic heterocycles. The Morgan fingerprint density at radius 3 is 3.00 bits per heavy atom. The number of aliphatic hydroxyl groups is 1. The van der Waals surface area contributed by atoms with Crippen LogP contribution in [-0.2, 0) is 0 Å². The van der Waals surface area contributed by atoms with Crippen LogP contribution in [0.2, 0.25) is 0 Å². The molecule has 0 aliphatic carbocycles. The lowest BCUT2D eigenvalue weighted by atomic mass is 10.2. The van der Waals surface area contributed by atoms with Crippen molar-refractivity contribution in [3.8, 4) is 0 Å². The molecule has 0 spiro atoms. The largest absolute Gasteiger partial charge is 0.569 e. The number of aliphatic hydroxyl groups excluding tert-OH is 1. The number of hydrogen-bond acceptors (Lipinski definition) is 3. The van der Waals surface area contributed by atoms with E-state index in [-0.39, 0.29) is 17.6 Å². The zero-order valence-corrected chi connectivity index (χ0v) is 6.05. The molecule has 1 atom stereocenters. The molecular weight excluding hydrogens is 150 g/mol. The van der Waals surface area contributed by atoms with Gasteiger partial charge in [-0.15, -0.1) is 5.01 Å². The van der Waals surface area contributed by atoms with E-state index in [4.69, 9.17) is 10.3 Å². The molecule has 1 heterocycles. The van der Waals surface area contributed by atoms with E-state index in [0.29, 0.717) is 6.54 Å². The normalized spacial score (nSPS) is 26.1. The Labute approximate surface area is 63.9 Å². The van der Waals surface area contributed by atoms with E-state index in [1.165, 1.54) is 5.01 Å². The van der Waals surface area contributed by atoms with Crippen LogP contribution in [0.1, 0.15) is 12.8 Å². The van der Waals surface area contributed by atoms with Gasteiger partial charge >= 0.3 is 0 Å². The highest BCUT2D eigenvalue weighted by atomic mass is 16.6. The molecule has 1 aliphatic rings. The van der Waals surface area contributed by atoms with Crippen molar-refractivity contribution in [2.45, 2.75) is 18.9 Å². The molecule has 1 rings (SSSR count). The van der Waals surface area contributed by atoms with Gasteiger partial charge in [0, 0.05) is 0 Å². The Kier molecular flexibility index (Phi) is 2.48. The first-order valence-electron chi connectivity index (χ1n) is 3.49. The van der Waals surface area contributed by atoms with E-state index in [0.717, 1.165) is 12.8 Å². The monoisotopic (exact) mass is 161 g/mol. The average Bonchev–Trinajstić information content (AvgIpc) is 2.50. The van der Waals surface area contributed by atoms with Gasteiger partial charge < -0.3 is 15.5 Å².